The maximum absolute atomic E-state index is 12.4. The summed E-state index contributed by atoms with van der Waals surface area (Å²) in [4.78, 5) is 27.7. The van der Waals surface area contributed by atoms with E-state index in [0.29, 0.717) is 12.8 Å². The summed E-state index contributed by atoms with van der Waals surface area (Å²) in [6.45, 7) is 1.54. The second-order valence-electron chi connectivity index (χ2n) is 6.91. The number of rotatable bonds is 5. The van der Waals surface area contributed by atoms with Gasteiger partial charge in [-0.1, -0.05) is 37.5 Å². The van der Waals surface area contributed by atoms with Crippen molar-refractivity contribution in [3.63, 3.8) is 0 Å². The molecule has 1 aliphatic rings. The SMILES string of the molecule is C[C@H](OC(=O)Cc1c[nH]c2ccccc12)C(=O)NC1(C#N)CCCCC1. The molecule has 6 nitrogen and oxygen atoms in total. The average molecular weight is 353 g/mol. The minimum absolute atomic E-state index is 0.0883. The third-order valence-electron chi connectivity index (χ3n) is 4.97. The largest absolute Gasteiger partial charge is 0.452 e. The van der Waals surface area contributed by atoms with Crippen LogP contribution in [0.5, 0.6) is 0 Å². The van der Waals surface area contributed by atoms with Crippen LogP contribution in [0, 0.1) is 11.3 Å². The van der Waals surface area contributed by atoms with Gasteiger partial charge in [0.1, 0.15) is 5.54 Å². The summed E-state index contributed by atoms with van der Waals surface area (Å²) in [7, 11) is 0. The lowest BCUT2D eigenvalue weighted by Gasteiger charge is -2.32. The first-order chi connectivity index (χ1) is 12.5. The number of nitrogens with one attached hydrogen (secondary N) is 2. The number of ether oxygens (including phenoxy) is 1. The summed E-state index contributed by atoms with van der Waals surface area (Å²) >= 11 is 0. The maximum Gasteiger partial charge on any atom is 0.311 e. The molecule has 1 aromatic carbocycles. The van der Waals surface area contributed by atoms with Gasteiger partial charge in [-0.15, -0.1) is 0 Å². The van der Waals surface area contributed by atoms with E-state index in [0.717, 1.165) is 35.7 Å². The number of amides is 1. The van der Waals surface area contributed by atoms with Gasteiger partial charge in [0, 0.05) is 17.1 Å². The van der Waals surface area contributed by atoms with E-state index < -0.39 is 23.5 Å². The van der Waals surface area contributed by atoms with Gasteiger partial charge >= 0.3 is 5.97 Å². The van der Waals surface area contributed by atoms with Crippen LogP contribution < -0.4 is 5.32 Å². The van der Waals surface area contributed by atoms with Gasteiger partial charge in [0.25, 0.3) is 5.91 Å². The summed E-state index contributed by atoms with van der Waals surface area (Å²) in [5.41, 5.74) is 0.959. The van der Waals surface area contributed by atoms with Crippen molar-refractivity contribution in [3.8, 4) is 6.07 Å². The normalized spacial score (nSPS) is 17.2. The lowest BCUT2D eigenvalue weighted by molar-refractivity contribution is -0.154. The number of hydrogen-bond donors (Lipinski definition) is 2. The van der Waals surface area contributed by atoms with Crippen LogP contribution in [-0.2, 0) is 20.7 Å². The second-order valence-corrected chi connectivity index (χ2v) is 6.91. The Kier molecular flexibility index (Phi) is 5.27. The first-order valence-electron chi connectivity index (χ1n) is 9.01. The average Bonchev–Trinajstić information content (AvgIpc) is 3.05. The molecule has 0 bridgehead atoms. The Morgan fingerprint density at radius 1 is 1.31 bits per heavy atom. The lowest BCUT2D eigenvalue weighted by Crippen LogP contribution is -2.52. The van der Waals surface area contributed by atoms with Crippen LogP contribution in [0.15, 0.2) is 30.5 Å². The van der Waals surface area contributed by atoms with Crippen LogP contribution in [0.2, 0.25) is 0 Å². The van der Waals surface area contributed by atoms with Gasteiger partial charge in [-0.3, -0.25) is 9.59 Å². The molecule has 1 heterocycles. The lowest BCUT2D eigenvalue weighted by atomic mass is 9.83. The van der Waals surface area contributed by atoms with Crippen molar-refractivity contribution in [1.82, 2.24) is 10.3 Å². The molecule has 1 saturated carbocycles. The van der Waals surface area contributed by atoms with E-state index in [9.17, 15) is 14.9 Å². The fraction of sp³-hybridized carbons (Fsp3) is 0.450. The molecule has 6 heteroatoms. The minimum atomic E-state index is -0.931. The summed E-state index contributed by atoms with van der Waals surface area (Å²) < 4.78 is 5.29. The number of nitriles is 1. The molecule has 0 aliphatic heterocycles. The zero-order valence-corrected chi connectivity index (χ0v) is 14.9. The molecule has 2 N–H and O–H groups in total. The number of aromatic nitrogens is 1. The molecule has 136 valence electrons. The van der Waals surface area contributed by atoms with Gasteiger partial charge in [0.05, 0.1) is 12.5 Å². The molecule has 0 radical (unpaired) electrons. The zero-order chi connectivity index (χ0) is 18.6. The van der Waals surface area contributed by atoms with Gasteiger partial charge in [0.2, 0.25) is 0 Å². The number of aromatic amines is 1. The van der Waals surface area contributed by atoms with Gasteiger partial charge < -0.3 is 15.0 Å². The highest BCUT2D eigenvalue weighted by atomic mass is 16.5. The number of nitrogens with zero attached hydrogens (tertiary/aromatic N) is 1. The third kappa shape index (κ3) is 3.88. The van der Waals surface area contributed by atoms with E-state index in [1.807, 2.05) is 24.3 Å². The predicted octanol–water partition coefficient (Wildman–Crippen LogP) is 2.98. The van der Waals surface area contributed by atoms with Crippen LogP contribution in [0.1, 0.15) is 44.6 Å². The van der Waals surface area contributed by atoms with E-state index in [1.165, 1.54) is 6.92 Å². The molecule has 0 spiro atoms. The number of carbonyl (C=O) groups is 2. The van der Waals surface area contributed by atoms with Crippen LogP contribution in [0.4, 0.5) is 0 Å². The first kappa shape index (κ1) is 18.0. The fourth-order valence-corrected chi connectivity index (χ4v) is 3.48. The molecule has 1 aromatic heterocycles. The summed E-state index contributed by atoms with van der Waals surface area (Å²) in [5.74, 6) is -0.882. The second kappa shape index (κ2) is 7.61. The standard InChI is InChI=1S/C20H23N3O3/c1-14(19(25)23-20(13-21)9-5-2-6-10-20)26-18(24)11-15-12-22-17-8-4-3-7-16(15)17/h3-4,7-8,12,14,22H,2,5-6,9-11H2,1H3,(H,23,25)/t14-/m0/s1. The van der Waals surface area contributed by atoms with Gasteiger partial charge in [-0.25, -0.2) is 0 Å². The van der Waals surface area contributed by atoms with Crippen molar-refractivity contribution in [2.75, 3.05) is 0 Å². The summed E-state index contributed by atoms with van der Waals surface area (Å²) in [6, 6.07) is 9.94. The number of carbonyl (C=O) groups excluding carboxylic acids is 2. The number of fused-ring (bicyclic) bond motifs is 1. The van der Waals surface area contributed by atoms with Crippen molar-refractivity contribution in [1.29, 1.82) is 5.26 Å². The number of benzene rings is 1. The molecule has 0 saturated heterocycles. The Morgan fingerprint density at radius 2 is 2.04 bits per heavy atom. The van der Waals surface area contributed by atoms with Crippen LogP contribution in [-0.4, -0.2) is 28.5 Å². The zero-order valence-electron chi connectivity index (χ0n) is 14.9. The van der Waals surface area contributed by atoms with Crippen molar-refractivity contribution in [2.45, 2.75) is 57.1 Å². The third-order valence-corrected chi connectivity index (χ3v) is 4.97. The highest BCUT2D eigenvalue weighted by molar-refractivity contribution is 5.89. The highest BCUT2D eigenvalue weighted by Gasteiger charge is 2.35. The Morgan fingerprint density at radius 3 is 2.77 bits per heavy atom. The van der Waals surface area contributed by atoms with Crippen molar-refractivity contribution < 1.29 is 14.3 Å². The van der Waals surface area contributed by atoms with E-state index in [-0.39, 0.29) is 6.42 Å². The molecule has 0 unspecified atom stereocenters. The monoisotopic (exact) mass is 353 g/mol. The van der Waals surface area contributed by atoms with E-state index in [2.05, 4.69) is 16.4 Å². The minimum Gasteiger partial charge on any atom is -0.452 e. The number of esters is 1. The highest BCUT2D eigenvalue weighted by Crippen LogP contribution is 2.27. The van der Waals surface area contributed by atoms with E-state index in [1.54, 1.807) is 6.20 Å². The predicted molar refractivity (Wildman–Crippen MR) is 97.1 cm³/mol. The van der Waals surface area contributed by atoms with E-state index in [4.69, 9.17) is 4.74 Å². The quantitative estimate of drug-likeness (QED) is 0.808. The molecule has 1 aliphatic carbocycles. The summed E-state index contributed by atoms with van der Waals surface area (Å²) in [6.07, 6.45) is 5.14. The molecular formula is C20H23N3O3. The van der Waals surface area contributed by atoms with Crippen molar-refractivity contribution in [3.05, 3.63) is 36.0 Å². The van der Waals surface area contributed by atoms with Crippen LogP contribution in [0.25, 0.3) is 10.9 Å². The maximum atomic E-state index is 12.4. The molecular weight excluding hydrogens is 330 g/mol. The van der Waals surface area contributed by atoms with Crippen LogP contribution >= 0.6 is 0 Å². The number of para-hydroxylation sites is 1. The molecule has 1 atom stereocenters. The fourth-order valence-electron chi connectivity index (χ4n) is 3.48. The Balaban J connectivity index is 1.58. The molecule has 1 amide bonds. The van der Waals surface area contributed by atoms with Gasteiger partial charge in [-0.05, 0) is 31.4 Å². The number of H-pyrrole nitrogens is 1. The Hall–Kier alpha value is -2.81. The smallest absolute Gasteiger partial charge is 0.311 e. The Bertz CT molecular complexity index is 843. The van der Waals surface area contributed by atoms with Crippen molar-refractivity contribution in [2.24, 2.45) is 0 Å². The Labute approximate surface area is 152 Å². The molecule has 2 aromatic rings. The first-order valence-corrected chi connectivity index (χ1v) is 9.01. The summed E-state index contributed by atoms with van der Waals surface area (Å²) in [5, 5.41) is 13.2. The van der Waals surface area contributed by atoms with E-state index >= 15 is 0 Å². The van der Waals surface area contributed by atoms with Gasteiger partial charge in [-0.2, -0.15) is 5.26 Å². The number of hydrogen-bond acceptors (Lipinski definition) is 4. The molecule has 26 heavy (non-hydrogen) atoms. The molecule has 3 rings (SSSR count). The molecule has 1 fully saturated rings. The van der Waals surface area contributed by atoms with Gasteiger partial charge in [0.15, 0.2) is 6.10 Å². The van der Waals surface area contributed by atoms with Crippen LogP contribution in [0.3, 0.4) is 0 Å². The topological polar surface area (TPSA) is 95.0 Å². The van der Waals surface area contributed by atoms with Crippen molar-refractivity contribution >= 4 is 22.8 Å².